The fourth-order valence-corrected chi connectivity index (χ4v) is 4.85. The second-order valence-electron chi connectivity index (χ2n) is 6.07. The lowest BCUT2D eigenvalue weighted by Gasteiger charge is -2.23. The number of carbonyl (C=O) groups is 2. The first kappa shape index (κ1) is 19.8. The summed E-state index contributed by atoms with van der Waals surface area (Å²) in [4.78, 5) is 23.5. The highest BCUT2D eigenvalue weighted by atomic mass is 35.5. The summed E-state index contributed by atoms with van der Waals surface area (Å²) in [6.07, 6.45) is 2.98. The van der Waals surface area contributed by atoms with Gasteiger partial charge in [-0.15, -0.1) is 0 Å². The van der Waals surface area contributed by atoms with Gasteiger partial charge in [-0.1, -0.05) is 29.3 Å². The fourth-order valence-electron chi connectivity index (χ4n) is 2.45. The summed E-state index contributed by atoms with van der Waals surface area (Å²) in [5, 5.41) is 3.36. The molecule has 1 fully saturated rings. The molecule has 1 N–H and O–H groups in total. The number of halogens is 2. The highest BCUT2D eigenvalue weighted by molar-refractivity contribution is 7.91. The lowest BCUT2D eigenvalue weighted by atomic mass is 10.0. The molecule has 136 valence electrons. The van der Waals surface area contributed by atoms with Gasteiger partial charge in [-0.05, 0) is 37.1 Å². The van der Waals surface area contributed by atoms with Crippen LogP contribution in [0.4, 0.5) is 0 Å². The normalized spacial score (nSPS) is 22.0. The maximum atomic E-state index is 11.8. The molecule has 1 aromatic rings. The van der Waals surface area contributed by atoms with Crippen LogP contribution in [0.15, 0.2) is 24.3 Å². The predicted molar refractivity (Wildman–Crippen MR) is 96.3 cm³/mol. The number of sulfone groups is 1. The van der Waals surface area contributed by atoms with Crippen molar-refractivity contribution in [3.05, 3.63) is 39.9 Å². The van der Waals surface area contributed by atoms with Crippen LogP contribution >= 0.6 is 23.2 Å². The molecule has 0 unspecified atom stereocenters. The van der Waals surface area contributed by atoms with Gasteiger partial charge in [-0.3, -0.25) is 4.79 Å². The van der Waals surface area contributed by atoms with Crippen LogP contribution in [0.3, 0.4) is 0 Å². The Morgan fingerprint density at radius 2 is 2.04 bits per heavy atom. The number of hydrogen-bond acceptors (Lipinski definition) is 5. The van der Waals surface area contributed by atoms with E-state index in [1.54, 1.807) is 25.1 Å². The zero-order valence-corrected chi connectivity index (χ0v) is 15.7. The topological polar surface area (TPSA) is 89.5 Å². The van der Waals surface area contributed by atoms with Crippen molar-refractivity contribution in [1.82, 2.24) is 5.32 Å². The summed E-state index contributed by atoms with van der Waals surface area (Å²) in [7, 11) is -3.13. The smallest absolute Gasteiger partial charge is 0.331 e. The predicted octanol–water partition coefficient (Wildman–Crippen LogP) is 2.24. The van der Waals surface area contributed by atoms with Crippen LogP contribution in [0.1, 0.15) is 18.9 Å². The molecule has 0 aromatic heterocycles. The molecule has 0 radical (unpaired) electrons. The molecule has 0 saturated carbocycles. The van der Waals surface area contributed by atoms with Crippen LogP contribution in [0.2, 0.25) is 10.0 Å². The van der Waals surface area contributed by atoms with Crippen molar-refractivity contribution < 1.29 is 22.7 Å². The molecule has 1 amide bonds. The van der Waals surface area contributed by atoms with Crippen molar-refractivity contribution in [2.24, 2.45) is 0 Å². The van der Waals surface area contributed by atoms with Crippen molar-refractivity contribution in [2.45, 2.75) is 18.9 Å². The van der Waals surface area contributed by atoms with E-state index in [-0.39, 0.29) is 11.5 Å². The second kappa shape index (κ2) is 7.76. The molecule has 1 aromatic carbocycles. The van der Waals surface area contributed by atoms with Crippen LogP contribution in [-0.2, 0) is 24.2 Å². The van der Waals surface area contributed by atoms with Gasteiger partial charge < -0.3 is 10.1 Å². The summed E-state index contributed by atoms with van der Waals surface area (Å²) in [6.45, 7) is 1.17. The number of benzene rings is 1. The zero-order valence-electron chi connectivity index (χ0n) is 13.4. The maximum absolute atomic E-state index is 11.8. The van der Waals surface area contributed by atoms with Gasteiger partial charge >= 0.3 is 5.97 Å². The third-order valence-corrected chi connectivity index (χ3v) is 6.29. The average Bonchev–Trinajstić information content (AvgIpc) is 2.79. The Balaban J connectivity index is 1.82. The molecular weight excluding hydrogens is 389 g/mol. The van der Waals surface area contributed by atoms with Crippen LogP contribution in [-0.4, -0.2) is 43.9 Å². The largest absolute Gasteiger partial charge is 0.452 e. The minimum atomic E-state index is -3.13. The van der Waals surface area contributed by atoms with Crippen molar-refractivity contribution >= 4 is 51.0 Å². The molecule has 1 aliphatic rings. The van der Waals surface area contributed by atoms with Gasteiger partial charge in [-0.25, -0.2) is 13.2 Å². The van der Waals surface area contributed by atoms with E-state index in [2.05, 4.69) is 5.32 Å². The molecule has 1 heterocycles. The van der Waals surface area contributed by atoms with E-state index in [4.69, 9.17) is 27.9 Å². The van der Waals surface area contributed by atoms with Crippen molar-refractivity contribution in [1.29, 1.82) is 0 Å². The standard InChI is InChI=1S/C16H17Cl2NO5S/c1-16(6-7-25(22,23)10-16)19-14(20)9-24-15(21)5-3-11-2-4-12(17)13(18)8-11/h2-5,8H,6-7,9-10H2,1H3,(H,19,20)/b5-3+/t16-/m1/s1. The number of rotatable bonds is 5. The molecule has 25 heavy (non-hydrogen) atoms. The summed E-state index contributed by atoms with van der Waals surface area (Å²) in [5.41, 5.74) is -0.169. The van der Waals surface area contributed by atoms with Gasteiger partial charge in [0.05, 0.1) is 27.1 Å². The number of amides is 1. The molecule has 1 atom stereocenters. The number of hydrogen-bond donors (Lipinski definition) is 1. The highest BCUT2D eigenvalue weighted by Gasteiger charge is 2.39. The van der Waals surface area contributed by atoms with E-state index in [1.807, 2.05) is 0 Å². The SMILES string of the molecule is C[C@@]1(NC(=O)COC(=O)/C=C/c2ccc(Cl)c(Cl)c2)CCS(=O)(=O)C1. The van der Waals surface area contributed by atoms with E-state index in [0.29, 0.717) is 22.0 Å². The number of esters is 1. The van der Waals surface area contributed by atoms with Crippen molar-refractivity contribution in [3.63, 3.8) is 0 Å². The van der Waals surface area contributed by atoms with Crippen molar-refractivity contribution in [3.8, 4) is 0 Å². The third-order valence-electron chi connectivity index (χ3n) is 3.65. The fraction of sp³-hybridized carbons (Fsp3) is 0.375. The molecule has 2 rings (SSSR count). The summed E-state index contributed by atoms with van der Waals surface area (Å²) in [5.74, 6) is -1.33. The van der Waals surface area contributed by atoms with Gasteiger partial charge in [0.2, 0.25) is 0 Å². The first-order valence-corrected chi connectivity index (χ1v) is 9.98. The first-order valence-electron chi connectivity index (χ1n) is 7.40. The van der Waals surface area contributed by atoms with Gasteiger partial charge in [0, 0.05) is 6.08 Å². The van der Waals surface area contributed by atoms with E-state index < -0.39 is 33.9 Å². The van der Waals surface area contributed by atoms with Crippen LogP contribution < -0.4 is 5.32 Å². The van der Waals surface area contributed by atoms with Gasteiger partial charge in [0.15, 0.2) is 16.4 Å². The van der Waals surface area contributed by atoms with Gasteiger partial charge in [0.25, 0.3) is 5.91 Å². The van der Waals surface area contributed by atoms with E-state index in [1.165, 1.54) is 6.08 Å². The van der Waals surface area contributed by atoms with Crippen LogP contribution in [0.25, 0.3) is 6.08 Å². The monoisotopic (exact) mass is 405 g/mol. The second-order valence-corrected chi connectivity index (χ2v) is 9.06. The Kier molecular flexibility index (Phi) is 6.13. The summed E-state index contributed by atoms with van der Waals surface area (Å²) in [6, 6.07) is 4.85. The Morgan fingerprint density at radius 1 is 1.32 bits per heavy atom. The van der Waals surface area contributed by atoms with E-state index in [9.17, 15) is 18.0 Å². The number of carbonyl (C=O) groups excluding carboxylic acids is 2. The molecule has 6 nitrogen and oxygen atoms in total. The van der Waals surface area contributed by atoms with Crippen LogP contribution in [0, 0.1) is 0 Å². The van der Waals surface area contributed by atoms with Crippen LogP contribution in [0.5, 0.6) is 0 Å². The van der Waals surface area contributed by atoms with E-state index >= 15 is 0 Å². The molecule has 1 saturated heterocycles. The lowest BCUT2D eigenvalue weighted by molar-refractivity contribution is -0.144. The Bertz CT molecular complexity index is 822. The van der Waals surface area contributed by atoms with Gasteiger partial charge in [0.1, 0.15) is 0 Å². The zero-order chi connectivity index (χ0) is 18.7. The Hall–Kier alpha value is -1.57. The van der Waals surface area contributed by atoms with E-state index in [0.717, 1.165) is 6.08 Å². The van der Waals surface area contributed by atoms with Crippen molar-refractivity contribution in [2.75, 3.05) is 18.1 Å². The minimum Gasteiger partial charge on any atom is -0.452 e. The highest BCUT2D eigenvalue weighted by Crippen LogP contribution is 2.23. The molecule has 9 heteroatoms. The van der Waals surface area contributed by atoms with Gasteiger partial charge in [-0.2, -0.15) is 0 Å². The Labute approximate surface area is 156 Å². The third kappa shape index (κ3) is 6.02. The lowest BCUT2D eigenvalue weighted by Crippen LogP contribution is -2.48. The number of nitrogens with one attached hydrogen (secondary N) is 1. The summed E-state index contributed by atoms with van der Waals surface area (Å²) >= 11 is 11.7. The quantitative estimate of drug-likeness (QED) is 0.599. The molecule has 0 bridgehead atoms. The Morgan fingerprint density at radius 3 is 2.64 bits per heavy atom. The average molecular weight is 406 g/mol. The summed E-state index contributed by atoms with van der Waals surface area (Å²) < 4.78 is 27.8. The molecule has 1 aliphatic heterocycles. The number of ether oxygens (including phenoxy) is 1. The molecular formula is C16H17Cl2NO5S. The maximum Gasteiger partial charge on any atom is 0.331 e. The minimum absolute atomic E-state index is 0.0377. The molecule has 0 spiro atoms. The molecule has 0 aliphatic carbocycles. The first-order chi connectivity index (χ1) is 11.6.